The van der Waals surface area contributed by atoms with Gasteiger partial charge in [-0.25, -0.2) is 0 Å². The lowest BCUT2D eigenvalue weighted by molar-refractivity contribution is 0.536. The fraction of sp³-hybridized carbons (Fsp3) is 0.235. The summed E-state index contributed by atoms with van der Waals surface area (Å²) in [6.45, 7) is 4.97. The summed E-state index contributed by atoms with van der Waals surface area (Å²) < 4.78 is 5.88. The number of aromatic nitrogens is 1. The molecular formula is C17H19N3O. The molecule has 2 aromatic carbocycles. The molecule has 0 bridgehead atoms. The molecule has 0 radical (unpaired) electrons. The van der Waals surface area contributed by atoms with E-state index in [-0.39, 0.29) is 6.04 Å². The zero-order valence-corrected chi connectivity index (χ0v) is 12.3. The van der Waals surface area contributed by atoms with E-state index in [1.165, 1.54) is 0 Å². The molecule has 3 aromatic rings. The van der Waals surface area contributed by atoms with Crippen LogP contribution in [0.4, 0.5) is 11.7 Å². The molecule has 0 spiro atoms. The Labute approximate surface area is 124 Å². The van der Waals surface area contributed by atoms with Crippen molar-refractivity contribution in [2.45, 2.75) is 26.4 Å². The number of nitrogens with two attached hydrogens (primary N) is 1. The maximum absolute atomic E-state index is 5.88. The maximum atomic E-state index is 5.88. The average molecular weight is 281 g/mol. The Hall–Kier alpha value is -2.49. The van der Waals surface area contributed by atoms with Gasteiger partial charge in [-0.05, 0) is 43.7 Å². The van der Waals surface area contributed by atoms with Crippen LogP contribution in [0.5, 0.6) is 0 Å². The van der Waals surface area contributed by atoms with Gasteiger partial charge in [0.25, 0.3) is 6.01 Å². The van der Waals surface area contributed by atoms with Crippen molar-refractivity contribution in [3.63, 3.8) is 0 Å². The highest BCUT2D eigenvalue weighted by Gasteiger charge is 2.17. The number of benzene rings is 2. The van der Waals surface area contributed by atoms with E-state index in [1.54, 1.807) is 0 Å². The van der Waals surface area contributed by atoms with Gasteiger partial charge in [0.1, 0.15) is 5.52 Å². The molecule has 1 heterocycles. The fourth-order valence-electron chi connectivity index (χ4n) is 2.34. The van der Waals surface area contributed by atoms with E-state index in [0.29, 0.717) is 6.01 Å². The summed E-state index contributed by atoms with van der Waals surface area (Å²) in [6, 6.07) is 16.6. The second-order valence-corrected chi connectivity index (χ2v) is 5.43. The average Bonchev–Trinajstić information content (AvgIpc) is 2.88. The topological polar surface area (TPSA) is 55.3 Å². The molecule has 0 unspecified atom stereocenters. The van der Waals surface area contributed by atoms with Crippen molar-refractivity contribution >= 4 is 22.8 Å². The highest BCUT2D eigenvalue weighted by atomic mass is 16.4. The van der Waals surface area contributed by atoms with Crippen LogP contribution in [0.25, 0.3) is 11.1 Å². The van der Waals surface area contributed by atoms with E-state index in [9.17, 15) is 0 Å². The summed E-state index contributed by atoms with van der Waals surface area (Å²) in [6.07, 6.45) is 0. The largest absolute Gasteiger partial charge is 0.423 e. The molecule has 108 valence electrons. The Kier molecular flexibility index (Phi) is 3.52. The normalized spacial score (nSPS) is 11.2. The standard InChI is InChI=1S/C17H19N3O/c1-12(2)20(11-13-6-5-7-14(18)10-13)17-19-15-8-3-4-9-16(15)21-17/h3-10,12H,11,18H2,1-2H3. The Bertz CT molecular complexity index is 715. The predicted octanol–water partition coefficient (Wildman–Crippen LogP) is 3.83. The van der Waals surface area contributed by atoms with Gasteiger partial charge in [0, 0.05) is 18.3 Å². The number of hydrogen-bond acceptors (Lipinski definition) is 4. The lowest BCUT2D eigenvalue weighted by atomic mass is 10.2. The van der Waals surface area contributed by atoms with Gasteiger partial charge in [0.15, 0.2) is 5.58 Å². The van der Waals surface area contributed by atoms with Gasteiger partial charge in [-0.2, -0.15) is 4.98 Å². The minimum Gasteiger partial charge on any atom is -0.423 e. The Morgan fingerprint density at radius 1 is 1.14 bits per heavy atom. The minimum absolute atomic E-state index is 0.277. The third-order valence-electron chi connectivity index (χ3n) is 3.46. The number of nitrogens with zero attached hydrogens (tertiary/aromatic N) is 2. The Balaban J connectivity index is 1.94. The van der Waals surface area contributed by atoms with Crippen molar-refractivity contribution in [3.05, 3.63) is 54.1 Å². The second-order valence-electron chi connectivity index (χ2n) is 5.43. The first-order chi connectivity index (χ1) is 10.1. The predicted molar refractivity (Wildman–Crippen MR) is 86.2 cm³/mol. The van der Waals surface area contributed by atoms with E-state index in [2.05, 4.69) is 29.8 Å². The monoisotopic (exact) mass is 281 g/mol. The first-order valence-electron chi connectivity index (χ1n) is 7.10. The molecule has 2 N–H and O–H groups in total. The number of fused-ring (bicyclic) bond motifs is 1. The maximum Gasteiger partial charge on any atom is 0.298 e. The molecule has 0 aliphatic rings. The highest BCUT2D eigenvalue weighted by Crippen LogP contribution is 2.25. The van der Waals surface area contributed by atoms with Crippen LogP contribution < -0.4 is 10.6 Å². The van der Waals surface area contributed by atoms with Gasteiger partial charge in [0.2, 0.25) is 0 Å². The number of oxazole rings is 1. The summed E-state index contributed by atoms with van der Waals surface area (Å²) in [5.74, 6) is 0. The quantitative estimate of drug-likeness (QED) is 0.738. The van der Waals surface area contributed by atoms with E-state index in [1.807, 2.05) is 42.5 Å². The lowest BCUT2D eigenvalue weighted by Crippen LogP contribution is -2.30. The van der Waals surface area contributed by atoms with Crippen molar-refractivity contribution in [2.24, 2.45) is 0 Å². The van der Waals surface area contributed by atoms with Crippen LogP contribution in [0.1, 0.15) is 19.4 Å². The molecule has 4 nitrogen and oxygen atoms in total. The SMILES string of the molecule is CC(C)N(Cc1cccc(N)c1)c1nc2ccccc2o1. The summed E-state index contributed by atoms with van der Waals surface area (Å²) in [7, 11) is 0. The molecule has 0 fully saturated rings. The van der Waals surface area contributed by atoms with Crippen LogP contribution in [0, 0.1) is 0 Å². The summed E-state index contributed by atoms with van der Waals surface area (Å²) >= 11 is 0. The molecule has 0 aliphatic carbocycles. The van der Waals surface area contributed by atoms with Gasteiger partial charge in [-0.1, -0.05) is 24.3 Å². The molecule has 3 rings (SSSR count). The van der Waals surface area contributed by atoms with Crippen molar-refractivity contribution in [1.29, 1.82) is 0 Å². The Morgan fingerprint density at radius 2 is 1.95 bits per heavy atom. The number of nitrogen functional groups attached to an aromatic ring is 1. The molecule has 0 amide bonds. The van der Waals surface area contributed by atoms with Crippen LogP contribution in [-0.2, 0) is 6.54 Å². The molecule has 0 aliphatic heterocycles. The van der Waals surface area contributed by atoms with Crippen LogP contribution in [0.2, 0.25) is 0 Å². The van der Waals surface area contributed by atoms with E-state index >= 15 is 0 Å². The van der Waals surface area contributed by atoms with Gasteiger partial charge in [-0.3, -0.25) is 0 Å². The number of hydrogen-bond donors (Lipinski definition) is 1. The van der Waals surface area contributed by atoms with Crippen molar-refractivity contribution < 1.29 is 4.42 Å². The van der Waals surface area contributed by atoms with E-state index in [0.717, 1.165) is 28.9 Å². The third-order valence-corrected chi connectivity index (χ3v) is 3.46. The molecule has 0 saturated carbocycles. The second kappa shape index (κ2) is 5.48. The molecule has 1 aromatic heterocycles. The minimum atomic E-state index is 0.277. The van der Waals surface area contributed by atoms with E-state index < -0.39 is 0 Å². The molecular weight excluding hydrogens is 262 g/mol. The smallest absolute Gasteiger partial charge is 0.298 e. The Morgan fingerprint density at radius 3 is 2.67 bits per heavy atom. The molecule has 0 saturated heterocycles. The van der Waals surface area contributed by atoms with E-state index in [4.69, 9.17) is 10.2 Å². The van der Waals surface area contributed by atoms with Crippen LogP contribution in [0.15, 0.2) is 52.9 Å². The number of anilines is 2. The van der Waals surface area contributed by atoms with Crippen LogP contribution in [-0.4, -0.2) is 11.0 Å². The molecule has 4 heteroatoms. The zero-order chi connectivity index (χ0) is 14.8. The van der Waals surface area contributed by atoms with Gasteiger partial charge in [-0.15, -0.1) is 0 Å². The third kappa shape index (κ3) is 2.84. The van der Waals surface area contributed by atoms with Gasteiger partial charge >= 0.3 is 0 Å². The number of rotatable bonds is 4. The molecule has 21 heavy (non-hydrogen) atoms. The lowest BCUT2D eigenvalue weighted by Gasteiger charge is -2.25. The first-order valence-corrected chi connectivity index (χ1v) is 7.10. The van der Waals surface area contributed by atoms with Crippen LogP contribution >= 0.6 is 0 Å². The van der Waals surface area contributed by atoms with Crippen LogP contribution in [0.3, 0.4) is 0 Å². The fourth-order valence-corrected chi connectivity index (χ4v) is 2.34. The highest BCUT2D eigenvalue weighted by molar-refractivity contribution is 5.74. The zero-order valence-electron chi connectivity index (χ0n) is 12.3. The summed E-state index contributed by atoms with van der Waals surface area (Å²) in [5, 5.41) is 0. The number of para-hydroxylation sites is 2. The summed E-state index contributed by atoms with van der Waals surface area (Å²) in [5.41, 5.74) is 9.46. The van der Waals surface area contributed by atoms with Crippen molar-refractivity contribution in [1.82, 2.24) is 4.98 Å². The van der Waals surface area contributed by atoms with Crippen molar-refractivity contribution in [3.8, 4) is 0 Å². The summed E-state index contributed by atoms with van der Waals surface area (Å²) in [4.78, 5) is 6.71. The molecule has 0 atom stereocenters. The van der Waals surface area contributed by atoms with Gasteiger partial charge < -0.3 is 15.1 Å². The van der Waals surface area contributed by atoms with Crippen molar-refractivity contribution in [2.75, 3.05) is 10.6 Å². The van der Waals surface area contributed by atoms with Gasteiger partial charge in [0.05, 0.1) is 0 Å². The first kappa shape index (κ1) is 13.5.